The molecule has 2 aromatic rings. The topological polar surface area (TPSA) is 77.2 Å². The molecule has 0 radical (unpaired) electrons. The molecule has 0 bridgehead atoms. The second-order valence-corrected chi connectivity index (χ2v) is 3.95. The first kappa shape index (κ1) is 13.2. The van der Waals surface area contributed by atoms with Crippen LogP contribution in [0.3, 0.4) is 0 Å². The van der Waals surface area contributed by atoms with Crippen LogP contribution >= 0.6 is 0 Å². The molecule has 0 aliphatic carbocycles. The molecule has 1 aromatic heterocycles. The lowest BCUT2D eigenvalue weighted by Gasteiger charge is -2.06. The first-order chi connectivity index (χ1) is 9.29. The number of amides is 1. The minimum atomic E-state index is -0.312. The summed E-state index contributed by atoms with van der Waals surface area (Å²) in [6.45, 7) is 0.618. The largest absolute Gasteiger partial charge is 0.325 e. The molecule has 0 fully saturated rings. The summed E-state index contributed by atoms with van der Waals surface area (Å²) in [5.41, 5.74) is 9.99. The van der Waals surface area contributed by atoms with Gasteiger partial charge in [-0.25, -0.2) is 5.48 Å². The monoisotopic (exact) mass is 257 g/mol. The summed E-state index contributed by atoms with van der Waals surface area (Å²) in [6, 6.07) is 12.8. The Morgan fingerprint density at radius 1 is 1.26 bits per heavy atom. The second-order valence-electron chi connectivity index (χ2n) is 3.95. The lowest BCUT2D eigenvalue weighted by molar-refractivity contribution is 0.0233. The number of hydrogen-bond donors (Lipinski definition) is 2. The number of nitrogens with two attached hydrogens (primary N) is 1. The standard InChI is InChI=1S/C14H15N3O2/c15-9-13-8-12(6-7-16-13)14(18)17-19-10-11-4-2-1-3-5-11/h1-8H,9-10,15H2,(H,17,18). The quantitative estimate of drug-likeness (QED) is 0.794. The minimum Gasteiger partial charge on any atom is -0.325 e. The van der Waals surface area contributed by atoms with E-state index in [0.29, 0.717) is 24.4 Å². The number of carbonyl (C=O) groups is 1. The van der Waals surface area contributed by atoms with Gasteiger partial charge in [-0.3, -0.25) is 14.6 Å². The smallest absolute Gasteiger partial charge is 0.274 e. The molecule has 1 amide bonds. The first-order valence-corrected chi connectivity index (χ1v) is 5.90. The van der Waals surface area contributed by atoms with Crippen LogP contribution < -0.4 is 11.2 Å². The summed E-state index contributed by atoms with van der Waals surface area (Å²) in [4.78, 5) is 21.0. The third-order valence-electron chi connectivity index (χ3n) is 2.53. The molecule has 5 heteroatoms. The SMILES string of the molecule is NCc1cc(C(=O)NOCc2ccccc2)ccn1. The number of hydroxylamine groups is 1. The number of rotatable bonds is 5. The van der Waals surface area contributed by atoms with E-state index in [1.165, 1.54) is 0 Å². The van der Waals surface area contributed by atoms with Crippen LogP contribution in [0.1, 0.15) is 21.6 Å². The maximum atomic E-state index is 11.8. The second kappa shape index (κ2) is 6.63. The van der Waals surface area contributed by atoms with Crippen LogP contribution in [0.5, 0.6) is 0 Å². The molecule has 0 unspecified atom stereocenters. The maximum Gasteiger partial charge on any atom is 0.274 e. The van der Waals surface area contributed by atoms with Crippen molar-refractivity contribution in [2.45, 2.75) is 13.2 Å². The molecular formula is C14H15N3O2. The fourth-order valence-electron chi connectivity index (χ4n) is 1.55. The van der Waals surface area contributed by atoms with Gasteiger partial charge in [0.05, 0.1) is 12.3 Å². The van der Waals surface area contributed by atoms with Crippen molar-refractivity contribution in [1.82, 2.24) is 10.5 Å². The average molecular weight is 257 g/mol. The van der Waals surface area contributed by atoms with Crippen molar-refractivity contribution in [2.24, 2.45) is 5.73 Å². The predicted molar refractivity (Wildman–Crippen MR) is 70.8 cm³/mol. The third-order valence-corrected chi connectivity index (χ3v) is 2.53. The van der Waals surface area contributed by atoms with Crippen LogP contribution in [0.15, 0.2) is 48.7 Å². The van der Waals surface area contributed by atoms with E-state index in [1.54, 1.807) is 18.3 Å². The van der Waals surface area contributed by atoms with Gasteiger partial charge in [0, 0.05) is 18.3 Å². The van der Waals surface area contributed by atoms with E-state index < -0.39 is 0 Å². The van der Waals surface area contributed by atoms with E-state index >= 15 is 0 Å². The lowest BCUT2D eigenvalue weighted by atomic mass is 10.2. The Morgan fingerprint density at radius 3 is 2.79 bits per heavy atom. The number of aromatic nitrogens is 1. The summed E-state index contributed by atoms with van der Waals surface area (Å²) < 4.78 is 0. The van der Waals surface area contributed by atoms with Crippen molar-refractivity contribution in [3.63, 3.8) is 0 Å². The molecule has 0 aliphatic heterocycles. The normalized spacial score (nSPS) is 10.2. The van der Waals surface area contributed by atoms with Gasteiger partial charge in [0.25, 0.3) is 5.91 Å². The fourth-order valence-corrected chi connectivity index (χ4v) is 1.55. The molecule has 0 aliphatic rings. The van der Waals surface area contributed by atoms with Crippen molar-refractivity contribution >= 4 is 5.91 Å². The Balaban J connectivity index is 1.87. The average Bonchev–Trinajstić information content (AvgIpc) is 2.48. The van der Waals surface area contributed by atoms with Crippen molar-refractivity contribution in [3.05, 3.63) is 65.5 Å². The van der Waals surface area contributed by atoms with Crippen LogP contribution in [0.2, 0.25) is 0 Å². The van der Waals surface area contributed by atoms with Crippen LogP contribution in [-0.4, -0.2) is 10.9 Å². The van der Waals surface area contributed by atoms with Crippen LogP contribution in [0, 0.1) is 0 Å². The molecule has 0 spiro atoms. The molecule has 5 nitrogen and oxygen atoms in total. The van der Waals surface area contributed by atoms with Gasteiger partial charge >= 0.3 is 0 Å². The number of benzene rings is 1. The van der Waals surface area contributed by atoms with E-state index in [0.717, 1.165) is 5.56 Å². The zero-order chi connectivity index (χ0) is 13.5. The Hall–Kier alpha value is -2.24. The van der Waals surface area contributed by atoms with Crippen LogP contribution in [0.4, 0.5) is 0 Å². The highest BCUT2D eigenvalue weighted by molar-refractivity contribution is 5.93. The highest BCUT2D eigenvalue weighted by Gasteiger charge is 2.06. The van der Waals surface area contributed by atoms with Crippen LogP contribution in [-0.2, 0) is 18.0 Å². The number of carbonyl (C=O) groups excluding carboxylic acids is 1. The number of pyridine rings is 1. The molecule has 19 heavy (non-hydrogen) atoms. The first-order valence-electron chi connectivity index (χ1n) is 5.90. The van der Waals surface area contributed by atoms with E-state index in [-0.39, 0.29) is 5.91 Å². The van der Waals surface area contributed by atoms with Gasteiger partial charge in [0.1, 0.15) is 0 Å². The maximum absolute atomic E-state index is 11.8. The van der Waals surface area contributed by atoms with Gasteiger partial charge in [-0.05, 0) is 17.7 Å². The van der Waals surface area contributed by atoms with Crippen molar-refractivity contribution in [3.8, 4) is 0 Å². The molecule has 2 rings (SSSR count). The van der Waals surface area contributed by atoms with Gasteiger partial charge in [0.15, 0.2) is 0 Å². The van der Waals surface area contributed by atoms with Crippen molar-refractivity contribution in [1.29, 1.82) is 0 Å². The van der Waals surface area contributed by atoms with Gasteiger partial charge in [-0.15, -0.1) is 0 Å². The molecule has 0 atom stereocenters. The Labute approximate surface area is 111 Å². The summed E-state index contributed by atoms with van der Waals surface area (Å²) >= 11 is 0. The molecular weight excluding hydrogens is 242 g/mol. The van der Waals surface area contributed by atoms with E-state index in [9.17, 15) is 4.79 Å². The van der Waals surface area contributed by atoms with E-state index in [2.05, 4.69) is 10.5 Å². The lowest BCUT2D eigenvalue weighted by Crippen LogP contribution is -2.23. The van der Waals surface area contributed by atoms with Gasteiger partial charge in [0.2, 0.25) is 0 Å². The zero-order valence-electron chi connectivity index (χ0n) is 10.4. The zero-order valence-corrected chi connectivity index (χ0v) is 10.4. The van der Waals surface area contributed by atoms with Crippen molar-refractivity contribution < 1.29 is 9.63 Å². The summed E-state index contributed by atoms with van der Waals surface area (Å²) in [6.07, 6.45) is 1.55. The third kappa shape index (κ3) is 3.87. The Morgan fingerprint density at radius 2 is 2.05 bits per heavy atom. The van der Waals surface area contributed by atoms with Gasteiger partial charge in [-0.2, -0.15) is 0 Å². The molecule has 98 valence electrons. The number of hydrogen-bond acceptors (Lipinski definition) is 4. The summed E-state index contributed by atoms with van der Waals surface area (Å²) in [5, 5.41) is 0. The highest BCUT2D eigenvalue weighted by Crippen LogP contribution is 2.02. The minimum absolute atomic E-state index is 0.298. The Kier molecular flexibility index (Phi) is 4.60. The molecule has 1 heterocycles. The van der Waals surface area contributed by atoms with Crippen LogP contribution in [0.25, 0.3) is 0 Å². The number of nitrogens with zero attached hydrogens (tertiary/aromatic N) is 1. The highest BCUT2D eigenvalue weighted by atomic mass is 16.6. The van der Waals surface area contributed by atoms with E-state index in [1.807, 2.05) is 30.3 Å². The Bertz CT molecular complexity index is 543. The molecule has 0 saturated heterocycles. The molecule has 0 saturated carbocycles. The molecule has 1 aromatic carbocycles. The molecule has 3 N–H and O–H groups in total. The summed E-state index contributed by atoms with van der Waals surface area (Å²) in [5.74, 6) is -0.312. The van der Waals surface area contributed by atoms with Gasteiger partial charge < -0.3 is 5.73 Å². The summed E-state index contributed by atoms with van der Waals surface area (Å²) in [7, 11) is 0. The predicted octanol–water partition coefficient (Wildman–Crippen LogP) is 1.40. The fraction of sp³-hybridized carbons (Fsp3) is 0.143. The van der Waals surface area contributed by atoms with E-state index in [4.69, 9.17) is 10.6 Å². The van der Waals surface area contributed by atoms with Crippen molar-refractivity contribution in [2.75, 3.05) is 0 Å². The number of nitrogens with one attached hydrogen (secondary N) is 1. The van der Waals surface area contributed by atoms with Gasteiger partial charge in [-0.1, -0.05) is 30.3 Å².